The molecule has 168 valence electrons. The number of aryl methyl sites for hydroxylation is 3. The van der Waals surface area contributed by atoms with E-state index in [1.807, 2.05) is 10.8 Å². The number of hydrogen-bond acceptors (Lipinski definition) is 2. The molecule has 5 nitrogen and oxygen atoms in total. The second-order valence-electron chi connectivity index (χ2n) is 9.11. The fourth-order valence-corrected chi connectivity index (χ4v) is 4.87. The minimum absolute atomic E-state index is 0.00522. The Kier molecular flexibility index (Phi) is 6.93. The van der Waals surface area contributed by atoms with Crippen molar-refractivity contribution in [2.24, 2.45) is 0 Å². The van der Waals surface area contributed by atoms with Crippen molar-refractivity contribution in [2.75, 3.05) is 5.32 Å². The first kappa shape index (κ1) is 22.1. The molecule has 0 atom stereocenters. The maximum absolute atomic E-state index is 13.6. The summed E-state index contributed by atoms with van der Waals surface area (Å²) in [5, 5.41) is 3.25. The molecule has 1 fully saturated rings. The zero-order valence-electron chi connectivity index (χ0n) is 19.5. The van der Waals surface area contributed by atoms with Crippen molar-refractivity contribution in [3.63, 3.8) is 0 Å². The lowest BCUT2D eigenvalue weighted by atomic mass is 10.0. The number of benzene rings is 2. The van der Waals surface area contributed by atoms with Gasteiger partial charge in [0.05, 0.1) is 6.33 Å². The lowest BCUT2D eigenvalue weighted by Crippen LogP contribution is -2.42. The van der Waals surface area contributed by atoms with E-state index in [0.29, 0.717) is 6.54 Å². The van der Waals surface area contributed by atoms with E-state index in [0.717, 1.165) is 40.9 Å². The standard InChI is InChI=1S/C27H34N4O/c1-20-16-21(2)26(22(3)17-20)29-27(32)31(25-8-6-4-5-7-9-25)18-23-10-12-24(13-11-23)30-15-14-28-19-30/h10-17,19,25H,4-9,18H2,1-3H3,(H,29,32). The summed E-state index contributed by atoms with van der Waals surface area (Å²) in [5.74, 6) is 0. The topological polar surface area (TPSA) is 50.2 Å². The van der Waals surface area contributed by atoms with Gasteiger partial charge in [-0.1, -0.05) is 55.5 Å². The average molecular weight is 431 g/mol. The molecular weight excluding hydrogens is 396 g/mol. The van der Waals surface area contributed by atoms with Gasteiger partial charge in [0.25, 0.3) is 0 Å². The highest BCUT2D eigenvalue weighted by atomic mass is 16.2. The van der Waals surface area contributed by atoms with E-state index in [2.05, 4.69) is 72.4 Å². The number of carbonyl (C=O) groups is 1. The molecule has 0 bridgehead atoms. The highest BCUT2D eigenvalue weighted by Gasteiger charge is 2.25. The highest BCUT2D eigenvalue weighted by molar-refractivity contribution is 5.91. The zero-order chi connectivity index (χ0) is 22.5. The summed E-state index contributed by atoms with van der Waals surface area (Å²) in [6, 6.07) is 13.0. The molecule has 0 spiro atoms. The van der Waals surface area contributed by atoms with Crippen LogP contribution < -0.4 is 5.32 Å². The maximum atomic E-state index is 13.6. The zero-order valence-corrected chi connectivity index (χ0v) is 19.5. The largest absolute Gasteiger partial charge is 0.322 e. The van der Waals surface area contributed by atoms with Crippen LogP contribution in [0.3, 0.4) is 0 Å². The van der Waals surface area contributed by atoms with E-state index in [-0.39, 0.29) is 12.1 Å². The lowest BCUT2D eigenvalue weighted by molar-refractivity contribution is 0.175. The van der Waals surface area contributed by atoms with Gasteiger partial charge >= 0.3 is 6.03 Å². The van der Waals surface area contributed by atoms with Gasteiger partial charge in [0.15, 0.2) is 0 Å². The number of aromatic nitrogens is 2. The van der Waals surface area contributed by atoms with Crippen molar-refractivity contribution in [1.82, 2.24) is 14.5 Å². The Morgan fingerprint density at radius 3 is 2.28 bits per heavy atom. The van der Waals surface area contributed by atoms with Crippen LogP contribution in [0.1, 0.15) is 60.8 Å². The molecule has 0 saturated heterocycles. The molecule has 1 aliphatic rings. The van der Waals surface area contributed by atoms with Crippen molar-refractivity contribution in [2.45, 2.75) is 71.9 Å². The summed E-state index contributed by atoms with van der Waals surface area (Å²) in [4.78, 5) is 19.8. The maximum Gasteiger partial charge on any atom is 0.322 e. The highest BCUT2D eigenvalue weighted by Crippen LogP contribution is 2.27. The Morgan fingerprint density at radius 1 is 1.03 bits per heavy atom. The molecule has 4 rings (SSSR count). The SMILES string of the molecule is Cc1cc(C)c(NC(=O)N(Cc2ccc(-n3ccnc3)cc2)C2CCCCCC2)c(C)c1. The van der Waals surface area contributed by atoms with Crippen LogP contribution in [0.25, 0.3) is 5.69 Å². The normalized spacial score (nSPS) is 14.7. The van der Waals surface area contributed by atoms with Crippen molar-refractivity contribution in [1.29, 1.82) is 0 Å². The van der Waals surface area contributed by atoms with Gasteiger partial charge in [-0.25, -0.2) is 9.78 Å². The van der Waals surface area contributed by atoms with E-state index in [1.54, 1.807) is 12.5 Å². The molecule has 2 aromatic carbocycles. The minimum atomic E-state index is 0.00522. The Labute approximate surface area is 191 Å². The Balaban J connectivity index is 1.56. The first-order valence-corrected chi connectivity index (χ1v) is 11.7. The fourth-order valence-electron chi connectivity index (χ4n) is 4.87. The smallest absolute Gasteiger partial charge is 0.317 e. The molecule has 1 heterocycles. The molecule has 1 aliphatic carbocycles. The van der Waals surface area contributed by atoms with Crippen LogP contribution in [0.5, 0.6) is 0 Å². The number of nitrogens with zero attached hydrogens (tertiary/aromatic N) is 3. The monoisotopic (exact) mass is 430 g/mol. The molecule has 1 aromatic heterocycles. The quantitative estimate of drug-likeness (QED) is 0.466. The predicted octanol–water partition coefficient (Wildman–Crippen LogP) is 6.55. The van der Waals surface area contributed by atoms with Gasteiger partial charge < -0.3 is 14.8 Å². The van der Waals surface area contributed by atoms with Gasteiger partial charge in [0.2, 0.25) is 0 Å². The van der Waals surface area contributed by atoms with Crippen LogP contribution in [0.4, 0.5) is 10.5 Å². The second kappa shape index (κ2) is 10.0. The van der Waals surface area contributed by atoms with E-state index >= 15 is 0 Å². The number of anilines is 1. The first-order valence-electron chi connectivity index (χ1n) is 11.7. The van der Waals surface area contributed by atoms with Crippen LogP contribution in [0.15, 0.2) is 55.1 Å². The first-order chi connectivity index (χ1) is 15.5. The molecule has 5 heteroatoms. The van der Waals surface area contributed by atoms with Crippen LogP contribution in [0, 0.1) is 20.8 Å². The summed E-state index contributed by atoms with van der Waals surface area (Å²) in [7, 11) is 0. The molecule has 1 saturated carbocycles. The average Bonchev–Trinajstić information content (AvgIpc) is 3.18. The molecule has 2 amide bonds. The third-order valence-corrected chi connectivity index (χ3v) is 6.53. The number of rotatable bonds is 5. The Hall–Kier alpha value is -3.08. The third kappa shape index (κ3) is 5.21. The number of hydrogen-bond donors (Lipinski definition) is 1. The van der Waals surface area contributed by atoms with Gasteiger partial charge in [-0.3, -0.25) is 0 Å². The molecule has 3 aromatic rings. The van der Waals surface area contributed by atoms with E-state index in [4.69, 9.17) is 0 Å². The van der Waals surface area contributed by atoms with Gasteiger partial charge in [-0.15, -0.1) is 0 Å². The molecular formula is C27H34N4O. The number of urea groups is 1. The number of nitrogens with one attached hydrogen (secondary N) is 1. The fraction of sp³-hybridized carbons (Fsp3) is 0.407. The van der Waals surface area contributed by atoms with Crippen molar-refractivity contribution in [3.05, 3.63) is 77.4 Å². The van der Waals surface area contributed by atoms with Crippen molar-refractivity contribution in [3.8, 4) is 5.69 Å². The Bertz CT molecular complexity index is 1010. The number of imidazole rings is 1. The predicted molar refractivity (Wildman–Crippen MR) is 130 cm³/mol. The van der Waals surface area contributed by atoms with Crippen LogP contribution in [-0.2, 0) is 6.54 Å². The van der Waals surface area contributed by atoms with Crippen molar-refractivity contribution < 1.29 is 4.79 Å². The second-order valence-corrected chi connectivity index (χ2v) is 9.11. The van der Waals surface area contributed by atoms with Crippen molar-refractivity contribution >= 4 is 11.7 Å². The van der Waals surface area contributed by atoms with Crippen LogP contribution >= 0.6 is 0 Å². The lowest BCUT2D eigenvalue weighted by Gasteiger charge is -2.32. The molecule has 0 radical (unpaired) electrons. The van der Waals surface area contributed by atoms with E-state index in [1.165, 1.54) is 31.2 Å². The molecule has 0 unspecified atom stereocenters. The molecule has 1 N–H and O–H groups in total. The molecule has 32 heavy (non-hydrogen) atoms. The minimum Gasteiger partial charge on any atom is -0.317 e. The van der Waals surface area contributed by atoms with Crippen LogP contribution in [-0.4, -0.2) is 26.5 Å². The number of carbonyl (C=O) groups excluding carboxylic acids is 1. The van der Waals surface area contributed by atoms with Gasteiger partial charge in [0.1, 0.15) is 0 Å². The summed E-state index contributed by atoms with van der Waals surface area (Å²) >= 11 is 0. The van der Waals surface area contributed by atoms with Crippen LogP contribution in [0.2, 0.25) is 0 Å². The van der Waals surface area contributed by atoms with Gasteiger partial charge in [-0.2, -0.15) is 0 Å². The van der Waals surface area contributed by atoms with Gasteiger partial charge in [-0.05, 0) is 62.4 Å². The third-order valence-electron chi connectivity index (χ3n) is 6.53. The molecule has 0 aliphatic heterocycles. The number of amides is 2. The summed E-state index contributed by atoms with van der Waals surface area (Å²) in [6.45, 7) is 6.85. The van der Waals surface area contributed by atoms with E-state index < -0.39 is 0 Å². The summed E-state index contributed by atoms with van der Waals surface area (Å²) in [6.07, 6.45) is 12.6. The van der Waals surface area contributed by atoms with Gasteiger partial charge in [0, 0.05) is 36.4 Å². The summed E-state index contributed by atoms with van der Waals surface area (Å²) in [5.41, 5.74) is 6.60. The van der Waals surface area contributed by atoms with E-state index in [9.17, 15) is 4.79 Å². The summed E-state index contributed by atoms with van der Waals surface area (Å²) < 4.78 is 1.99. The Morgan fingerprint density at radius 2 is 1.69 bits per heavy atom.